The Morgan fingerprint density at radius 3 is 1.42 bits per heavy atom. The molecule has 0 saturated carbocycles. The molecule has 1 aliphatic carbocycles. The summed E-state index contributed by atoms with van der Waals surface area (Å²) in [5, 5.41) is 7.29. The van der Waals surface area contributed by atoms with Gasteiger partial charge in [-0.2, -0.15) is 0 Å². The molecule has 0 unspecified atom stereocenters. The van der Waals surface area contributed by atoms with Crippen molar-refractivity contribution in [1.82, 2.24) is 4.57 Å². The Balaban J connectivity index is 1.13. The highest BCUT2D eigenvalue weighted by molar-refractivity contribution is 6.15. The molecule has 2 aliphatic rings. The molecule has 0 bridgehead atoms. The minimum Gasteiger partial charge on any atom is -0.310 e. The van der Waals surface area contributed by atoms with Crippen molar-refractivity contribution < 1.29 is 0 Å². The topological polar surface area (TPSA) is 11.4 Å². The van der Waals surface area contributed by atoms with Gasteiger partial charge in [0.1, 0.15) is 0 Å². The van der Waals surface area contributed by atoms with Gasteiger partial charge in [0.25, 0.3) is 0 Å². The van der Waals surface area contributed by atoms with Gasteiger partial charge in [-0.25, -0.2) is 0 Å². The summed E-state index contributed by atoms with van der Waals surface area (Å²) in [7, 11) is 0. The Labute approximate surface area is 383 Å². The van der Waals surface area contributed by atoms with Gasteiger partial charge in [0.15, 0.2) is 0 Å². The van der Waals surface area contributed by atoms with Crippen molar-refractivity contribution in [3.63, 3.8) is 0 Å². The second-order valence-electron chi connectivity index (χ2n) is 17.6. The third kappa shape index (κ3) is 5.08. The van der Waals surface area contributed by atoms with Crippen LogP contribution in [0.3, 0.4) is 0 Å². The Morgan fingerprint density at radius 1 is 0.303 bits per heavy atom. The largest absolute Gasteiger partial charge is 0.310 e. The van der Waals surface area contributed by atoms with Crippen LogP contribution in [-0.4, -0.2) is 4.57 Å². The summed E-state index contributed by atoms with van der Waals surface area (Å²) in [5.74, 6) is 0. The zero-order valence-electron chi connectivity index (χ0n) is 36.0. The number of nitrogens with zero attached hydrogens (tertiary/aromatic N) is 3. The number of aromatic nitrogens is 1. The van der Waals surface area contributed by atoms with Crippen molar-refractivity contribution in [2.75, 3.05) is 9.80 Å². The number of hydrogen-bond acceptors (Lipinski definition) is 2. The molecule has 0 amide bonds. The highest BCUT2D eigenvalue weighted by Crippen LogP contribution is 2.62. The minimum absolute atomic E-state index is 0.641. The van der Waals surface area contributed by atoms with E-state index in [9.17, 15) is 0 Å². The van der Waals surface area contributed by atoms with Crippen LogP contribution in [0.15, 0.2) is 249 Å². The van der Waals surface area contributed by atoms with Crippen LogP contribution >= 0.6 is 0 Å². The fourth-order valence-corrected chi connectivity index (χ4v) is 11.7. The Hall–Kier alpha value is -8.66. The SMILES string of the molecule is c1ccc(N(c2ccc3c(c2)-n2c4ccccc4c4cc(N(c5ccccc5)c5cccc6ccccc56)cc(c42)C32c3ccccc3-c3ccccc32)c2cccc3ccccc23)cc1. The van der Waals surface area contributed by atoms with E-state index in [1.807, 2.05) is 0 Å². The van der Waals surface area contributed by atoms with E-state index >= 15 is 0 Å². The van der Waals surface area contributed by atoms with Crippen LogP contribution in [0.1, 0.15) is 22.3 Å². The predicted octanol–water partition coefficient (Wildman–Crippen LogP) is 16.7. The van der Waals surface area contributed by atoms with E-state index in [2.05, 4.69) is 263 Å². The summed E-state index contributed by atoms with van der Waals surface area (Å²) in [5.41, 5.74) is 17.4. The first-order chi connectivity index (χ1) is 32.8. The molecule has 0 radical (unpaired) electrons. The predicted molar refractivity (Wildman–Crippen MR) is 276 cm³/mol. The second kappa shape index (κ2) is 14.2. The molecule has 2 heterocycles. The fraction of sp³-hybridized carbons (Fsp3) is 0.0159. The van der Waals surface area contributed by atoms with Gasteiger partial charge in [-0.3, -0.25) is 0 Å². The molecular formula is C63H41N3. The van der Waals surface area contributed by atoms with Crippen LogP contribution in [0, 0.1) is 0 Å². The van der Waals surface area contributed by atoms with Crippen LogP contribution in [0.25, 0.3) is 60.2 Å². The number of benzene rings is 11. The summed E-state index contributed by atoms with van der Waals surface area (Å²) in [6, 6.07) is 92.1. The van der Waals surface area contributed by atoms with E-state index in [4.69, 9.17) is 0 Å². The van der Waals surface area contributed by atoms with Gasteiger partial charge in [0.2, 0.25) is 0 Å². The number of rotatable bonds is 6. The van der Waals surface area contributed by atoms with Gasteiger partial charge in [-0.1, -0.05) is 182 Å². The van der Waals surface area contributed by atoms with Crippen LogP contribution in [-0.2, 0) is 5.41 Å². The number of anilines is 6. The maximum atomic E-state index is 2.58. The third-order valence-corrected chi connectivity index (χ3v) is 14.3. The first-order valence-electron chi connectivity index (χ1n) is 22.9. The van der Waals surface area contributed by atoms with Gasteiger partial charge < -0.3 is 14.4 Å². The van der Waals surface area contributed by atoms with Gasteiger partial charge in [0.05, 0.1) is 33.5 Å². The van der Waals surface area contributed by atoms with E-state index in [1.54, 1.807) is 0 Å². The summed E-state index contributed by atoms with van der Waals surface area (Å²) >= 11 is 0. The zero-order chi connectivity index (χ0) is 43.3. The average Bonchev–Trinajstić information content (AvgIpc) is 3.88. The molecular weight excluding hydrogens is 799 g/mol. The first kappa shape index (κ1) is 36.8. The maximum Gasteiger partial charge on any atom is 0.0755 e. The molecule has 1 spiro atoms. The maximum absolute atomic E-state index is 2.58. The van der Waals surface area contributed by atoms with Crippen molar-refractivity contribution in [1.29, 1.82) is 0 Å². The molecule has 12 aromatic rings. The van der Waals surface area contributed by atoms with Gasteiger partial charge in [0, 0.05) is 44.3 Å². The smallest absolute Gasteiger partial charge is 0.0755 e. The van der Waals surface area contributed by atoms with Crippen molar-refractivity contribution in [3.8, 4) is 16.8 Å². The summed E-state index contributed by atoms with van der Waals surface area (Å²) in [4.78, 5) is 4.92. The van der Waals surface area contributed by atoms with Crippen molar-refractivity contribution in [2.45, 2.75) is 5.41 Å². The minimum atomic E-state index is -0.641. The second-order valence-corrected chi connectivity index (χ2v) is 17.6. The Kier molecular flexibility index (Phi) is 7.90. The highest BCUT2D eigenvalue weighted by Gasteiger charge is 2.51. The quantitative estimate of drug-likeness (QED) is 0.165. The van der Waals surface area contributed by atoms with Crippen molar-refractivity contribution >= 4 is 77.5 Å². The van der Waals surface area contributed by atoms with Crippen molar-refractivity contribution in [2.24, 2.45) is 0 Å². The highest BCUT2D eigenvalue weighted by atomic mass is 15.2. The normalized spacial score (nSPS) is 13.0. The molecule has 11 aromatic carbocycles. The van der Waals surface area contributed by atoms with Gasteiger partial charge in [-0.15, -0.1) is 0 Å². The molecule has 1 aromatic heterocycles. The Morgan fingerprint density at radius 2 is 0.803 bits per heavy atom. The number of hydrogen-bond donors (Lipinski definition) is 0. The molecule has 3 nitrogen and oxygen atoms in total. The lowest BCUT2D eigenvalue weighted by molar-refractivity contribution is 0.748. The molecule has 0 saturated heterocycles. The van der Waals surface area contributed by atoms with Crippen LogP contribution in [0.4, 0.5) is 34.1 Å². The monoisotopic (exact) mass is 839 g/mol. The molecule has 0 fully saturated rings. The third-order valence-electron chi connectivity index (χ3n) is 14.3. The van der Waals surface area contributed by atoms with Gasteiger partial charge >= 0.3 is 0 Å². The van der Waals surface area contributed by atoms with E-state index in [0.717, 1.165) is 34.1 Å². The summed E-state index contributed by atoms with van der Waals surface area (Å²) in [6.07, 6.45) is 0. The molecule has 0 atom stereocenters. The molecule has 14 rings (SSSR count). The average molecular weight is 840 g/mol. The lowest BCUT2D eigenvalue weighted by Gasteiger charge is -2.41. The molecule has 1 aliphatic heterocycles. The molecule has 0 N–H and O–H groups in total. The van der Waals surface area contributed by atoms with E-state index in [1.165, 1.54) is 82.4 Å². The molecule has 308 valence electrons. The lowest BCUT2D eigenvalue weighted by atomic mass is 9.65. The zero-order valence-corrected chi connectivity index (χ0v) is 36.0. The van der Waals surface area contributed by atoms with Crippen LogP contribution in [0.5, 0.6) is 0 Å². The van der Waals surface area contributed by atoms with E-state index in [-0.39, 0.29) is 0 Å². The van der Waals surface area contributed by atoms with Crippen LogP contribution < -0.4 is 9.80 Å². The van der Waals surface area contributed by atoms with E-state index < -0.39 is 5.41 Å². The van der Waals surface area contributed by atoms with E-state index in [0.29, 0.717) is 0 Å². The Bertz CT molecular complexity index is 3850. The van der Waals surface area contributed by atoms with Crippen molar-refractivity contribution in [3.05, 3.63) is 271 Å². The summed E-state index contributed by atoms with van der Waals surface area (Å²) in [6.45, 7) is 0. The standard InChI is InChI=1S/C63H41N3/c1-3-23-44(24-4-1)64(58-35-17-21-42-19-7-9-27-48(42)58)46-37-38-56-61(41-46)66-60-34-16-13-31-52(60)53-39-47(65(45-25-5-2-6-26-45)59-36-18-22-43-20-8-10-28-49(43)59)40-57(62(53)66)63(56)54-32-14-11-29-50(54)51-30-12-15-33-55(51)63/h1-41H. The lowest BCUT2D eigenvalue weighted by Crippen LogP contribution is -2.34. The summed E-state index contributed by atoms with van der Waals surface area (Å²) < 4.78 is 2.58. The molecule has 66 heavy (non-hydrogen) atoms. The number of para-hydroxylation sites is 3. The first-order valence-corrected chi connectivity index (χ1v) is 22.9. The van der Waals surface area contributed by atoms with Crippen LogP contribution in [0.2, 0.25) is 0 Å². The fourth-order valence-electron chi connectivity index (χ4n) is 11.7. The number of fused-ring (bicyclic) bond motifs is 14. The van der Waals surface area contributed by atoms with Gasteiger partial charge in [-0.05, 0) is 111 Å². The molecule has 3 heteroatoms.